The van der Waals surface area contributed by atoms with E-state index in [0.29, 0.717) is 26.7 Å². The van der Waals surface area contributed by atoms with Crippen molar-refractivity contribution < 1.29 is 5.11 Å². The van der Waals surface area contributed by atoms with Gasteiger partial charge in [-0.3, -0.25) is 0 Å². The molecule has 1 atom stereocenters. The lowest BCUT2D eigenvalue weighted by atomic mass is 10.00. The summed E-state index contributed by atoms with van der Waals surface area (Å²) in [7, 11) is 0. The molecule has 2 aromatic rings. The van der Waals surface area contributed by atoms with E-state index in [1.807, 2.05) is 18.2 Å². The number of rotatable bonds is 2. The summed E-state index contributed by atoms with van der Waals surface area (Å²) in [5.41, 5.74) is 1.60. The molecule has 5 heteroatoms. The van der Waals surface area contributed by atoms with Crippen molar-refractivity contribution in [3.8, 4) is 0 Å². The second kappa shape index (κ2) is 5.90. The molecule has 0 aliphatic rings. The van der Waals surface area contributed by atoms with Crippen molar-refractivity contribution in [1.82, 2.24) is 0 Å². The van der Waals surface area contributed by atoms with Crippen LogP contribution >= 0.6 is 46.4 Å². The molecule has 0 aromatic heterocycles. The van der Waals surface area contributed by atoms with Gasteiger partial charge in [0.05, 0.1) is 20.1 Å². The van der Waals surface area contributed by atoms with Gasteiger partial charge in [-0.2, -0.15) is 0 Å². The molecule has 2 rings (SSSR count). The lowest BCUT2D eigenvalue weighted by molar-refractivity contribution is 0.220. The maximum atomic E-state index is 10.4. The summed E-state index contributed by atoms with van der Waals surface area (Å²) in [6, 6.07) is 9.04. The Labute approximate surface area is 131 Å². The van der Waals surface area contributed by atoms with Crippen molar-refractivity contribution >= 4 is 46.4 Å². The first kappa shape index (κ1) is 15.0. The molecular formula is C14H10Cl4O. The van der Waals surface area contributed by atoms with E-state index in [1.165, 1.54) is 0 Å². The molecule has 2 aromatic carbocycles. The zero-order valence-electron chi connectivity index (χ0n) is 9.92. The highest BCUT2D eigenvalue weighted by molar-refractivity contribution is 6.48. The van der Waals surface area contributed by atoms with Crippen LogP contribution in [-0.2, 0) is 0 Å². The Balaban J connectivity index is 2.64. The number of benzene rings is 2. The third-order valence-corrected chi connectivity index (χ3v) is 4.83. The van der Waals surface area contributed by atoms with E-state index in [0.717, 1.165) is 0 Å². The van der Waals surface area contributed by atoms with Crippen molar-refractivity contribution in [3.05, 3.63) is 67.1 Å². The predicted octanol–water partition coefficient (Wildman–Crippen LogP) is 5.69. The molecule has 1 unspecified atom stereocenters. The summed E-state index contributed by atoms with van der Waals surface area (Å²) in [5.74, 6) is 0. The van der Waals surface area contributed by atoms with Gasteiger partial charge >= 0.3 is 0 Å². The average molecular weight is 336 g/mol. The van der Waals surface area contributed by atoms with Gasteiger partial charge in [0.25, 0.3) is 0 Å². The highest BCUT2D eigenvalue weighted by Gasteiger charge is 2.24. The number of hydrogen-bond acceptors (Lipinski definition) is 1. The molecule has 0 aliphatic carbocycles. The van der Waals surface area contributed by atoms with E-state index in [1.54, 1.807) is 19.1 Å². The second-order valence-electron chi connectivity index (χ2n) is 4.11. The van der Waals surface area contributed by atoms with Crippen LogP contribution < -0.4 is 0 Å². The molecule has 0 fully saturated rings. The zero-order chi connectivity index (χ0) is 14.2. The van der Waals surface area contributed by atoms with Gasteiger partial charge in [0.2, 0.25) is 0 Å². The van der Waals surface area contributed by atoms with Gasteiger partial charge in [-0.05, 0) is 18.1 Å². The van der Waals surface area contributed by atoms with Crippen molar-refractivity contribution in [2.75, 3.05) is 0 Å². The summed E-state index contributed by atoms with van der Waals surface area (Å²) in [5, 5.41) is 11.5. The van der Waals surface area contributed by atoms with E-state index in [-0.39, 0.29) is 10.0 Å². The van der Waals surface area contributed by atoms with Gasteiger partial charge in [-0.25, -0.2) is 0 Å². The van der Waals surface area contributed by atoms with Crippen LogP contribution in [0, 0.1) is 6.92 Å². The first-order valence-corrected chi connectivity index (χ1v) is 7.01. The first-order valence-electron chi connectivity index (χ1n) is 5.50. The monoisotopic (exact) mass is 334 g/mol. The van der Waals surface area contributed by atoms with Crippen molar-refractivity contribution in [1.29, 1.82) is 0 Å². The molecule has 19 heavy (non-hydrogen) atoms. The van der Waals surface area contributed by atoms with E-state index in [4.69, 9.17) is 46.4 Å². The molecule has 0 saturated heterocycles. The van der Waals surface area contributed by atoms with Crippen molar-refractivity contribution in [3.63, 3.8) is 0 Å². The third kappa shape index (κ3) is 2.72. The van der Waals surface area contributed by atoms with Crippen LogP contribution in [0.25, 0.3) is 0 Å². The fourth-order valence-corrected chi connectivity index (χ4v) is 2.97. The normalized spacial score (nSPS) is 12.5. The van der Waals surface area contributed by atoms with Crippen LogP contribution in [0.4, 0.5) is 0 Å². The smallest absolute Gasteiger partial charge is 0.107 e. The van der Waals surface area contributed by atoms with E-state index in [9.17, 15) is 5.11 Å². The summed E-state index contributed by atoms with van der Waals surface area (Å²) < 4.78 is 0. The fourth-order valence-electron chi connectivity index (χ4n) is 1.80. The van der Waals surface area contributed by atoms with E-state index < -0.39 is 6.10 Å². The summed E-state index contributed by atoms with van der Waals surface area (Å²) in [4.78, 5) is 0. The van der Waals surface area contributed by atoms with Crippen LogP contribution in [-0.4, -0.2) is 5.11 Å². The largest absolute Gasteiger partial charge is 0.384 e. The lowest BCUT2D eigenvalue weighted by Crippen LogP contribution is -2.03. The summed E-state index contributed by atoms with van der Waals surface area (Å²) in [6.45, 7) is 1.72. The van der Waals surface area contributed by atoms with Crippen LogP contribution in [0.3, 0.4) is 0 Å². The Hall–Kier alpha value is -0.440. The standard InChI is InChI=1S/C14H10Cl4O/c1-7-10(15)12(17)9(13(18)11(7)16)14(19)8-5-3-2-4-6-8/h2-6,14,19H,1H3. The minimum Gasteiger partial charge on any atom is -0.384 e. The SMILES string of the molecule is Cc1c(Cl)c(Cl)c(C(O)c2ccccc2)c(Cl)c1Cl. The summed E-state index contributed by atoms with van der Waals surface area (Å²) >= 11 is 24.6. The Morgan fingerprint density at radius 2 is 1.32 bits per heavy atom. The van der Waals surface area contributed by atoms with Gasteiger partial charge < -0.3 is 5.11 Å². The topological polar surface area (TPSA) is 20.2 Å². The maximum Gasteiger partial charge on any atom is 0.107 e. The minimum atomic E-state index is -0.975. The Morgan fingerprint density at radius 3 is 1.79 bits per heavy atom. The minimum absolute atomic E-state index is 0.227. The molecular weight excluding hydrogens is 326 g/mol. The molecule has 0 aliphatic heterocycles. The molecule has 0 amide bonds. The summed E-state index contributed by atoms with van der Waals surface area (Å²) in [6.07, 6.45) is -0.975. The van der Waals surface area contributed by atoms with Gasteiger partial charge in [-0.15, -0.1) is 0 Å². The Morgan fingerprint density at radius 1 is 0.842 bits per heavy atom. The molecule has 1 nitrogen and oxygen atoms in total. The van der Waals surface area contributed by atoms with Crippen LogP contribution in [0.2, 0.25) is 20.1 Å². The molecule has 0 bridgehead atoms. The number of aliphatic hydroxyl groups is 1. The Kier molecular flexibility index (Phi) is 4.65. The third-order valence-electron chi connectivity index (χ3n) is 2.91. The molecule has 0 spiro atoms. The van der Waals surface area contributed by atoms with E-state index in [2.05, 4.69) is 0 Å². The van der Waals surface area contributed by atoms with Gasteiger partial charge in [0.15, 0.2) is 0 Å². The number of aliphatic hydroxyl groups excluding tert-OH is 1. The zero-order valence-corrected chi connectivity index (χ0v) is 12.9. The lowest BCUT2D eigenvalue weighted by Gasteiger charge is -2.18. The number of halogens is 4. The molecule has 0 saturated carbocycles. The van der Waals surface area contributed by atoms with Gasteiger partial charge in [0, 0.05) is 5.56 Å². The molecule has 0 radical (unpaired) electrons. The first-order chi connectivity index (χ1) is 8.95. The van der Waals surface area contributed by atoms with Crippen molar-refractivity contribution in [2.24, 2.45) is 0 Å². The van der Waals surface area contributed by atoms with Gasteiger partial charge in [0.1, 0.15) is 6.10 Å². The second-order valence-corrected chi connectivity index (χ2v) is 5.62. The molecule has 1 N–H and O–H groups in total. The van der Waals surface area contributed by atoms with Gasteiger partial charge in [-0.1, -0.05) is 76.7 Å². The maximum absolute atomic E-state index is 10.4. The highest BCUT2D eigenvalue weighted by atomic mass is 35.5. The van der Waals surface area contributed by atoms with Crippen LogP contribution in [0.5, 0.6) is 0 Å². The van der Waals surface area contributed by atoms with E-state index >= 15 is 0 Å². The number of hydrogen-bond donors (Lipinski definition) is 1. The van der Waals surface area contributed by atoms with Crippen molar-refractivity contribution in [2.45, 2.75) is 13.0 Å². The quantitative estimate of drug-likeness (QED) is 0.699. The molecule has 100 valence electrons. The average Bonchev–Trinajstić information content (AvgIpc) is 2.44. The van der Waals surface area contributed by atoms with Crippen LogP contribution in [0.15, 0.2) is 30.3 Å². The molecule has 0 heterocycles. The Bertz CT molecular complexity index is 582. The predicted molar refractivity (Wildman–Crippen MR) is 81.7 cm³/mol. The highest BCUT2D eigenvalue weighted by Crippen LogP contribution is 2.44. The fraction of sp³-hybridized carbons (Fsp3) is 0.143. The van der Waals surface area contributed by atoms with Crippen LogP contribution in [0.1, 0.15) is 22.8 Å².